The number of hydrogen-bond donors (Lipinski definition) is 1. The van der Waals surface area contributed by atoms with Crippen LogP contribution in [0.15, 0.2) is 48.5 Å². The number of carbonyl (C=O) groups is 1. The smallest absolute Gasteiger partial charge is 0.310 e. The fourth-order valence-electron chi connectivity index (χ4n) is 3.15. The molecule has 1 amide bonds. The molecule has 142 valence electrons. The van der Waals surface area contributed by atoms with E-state index in [9.17, 15) is 14.9 Å². The first kappa shape index (κ1) is 18.7. The third-order valence-corrected chi connectivity index (χ3v) is 4.54. The molecule has 0 aromatic heterocycles. The summed E-state index contributed by atoms with van der Waals surface area (Å²) in [5, 5.41) is 13.7. The quantitative estimate of drug-likeness (QED) is 0.615. The summed E-state index contributed by atoms with van der Waals surface area (Å²) in [6.45, 7) is 1.84. The summed E-state index contributed by atoms with van der Waals surface area (Å²) in [6.07, 6.45) is 4.98. The lowest BCUT2D eigenvalue weighted by molar-refractivity contribution is -0.385. The summed E-state index contributed by atoms with van der Waals surface area (Å²) in [5.41, 5.74) is 1.67. The Morgan fingerprint density at radius 3 is 2.37 bits per heavy atom. The normalized spacial score (nSPS) is 14.3. The van der Waals surface area contributed by atoms with Crippen molar-refractivity contribution in [2.75, 3.05) is 29.9 Å². The lowest BCUT2D eigenvalue weighted by Gasteiger charge is -2.22. The van der Waals surface area contributed by atoms with Gasteiger partial charge in [0.2, 0.25) is 0 Å². The van der Waals surface area contributed by atoms with Crippen LogP contribution in [0.4, 0.5) is 17.1 Å². The Labute approximate surface area is 158 Å². The number of ether oxygens (including phenoxy) is 1. The maximum absolute atomic E-state index is 12.1. The highest BCUT2D eigenvalue weighted by atomic mass is 16.6. The Morgan fingerprint density at radius 1 is 1.04 bits per heavy atom. The van der Waals surface area contributed by atoms with Gasteiger partial charge in [-0.2, -0.15) is 0 Å². The standard InChI is InChI=1S/C20H23N3O4/c24-20(15-27-19-8-4-3-7-18(19)23(25)26)21-16-9-11-17(12-10-16)22-13-5-1-2-6-14-22/h3-4,7-12H,1-2,5-6,13-15H2,(H,21,24). The minimum atomic E-state index is -0.533. The van der Waals surface area contributed by atoms with Gasteiger partial charge in [0.15, 0.2) is 12.4 Å². The van der Waals surface area contributed by atoms with Crippen molar-refractivity contribution in [3.63, 3.8) is 0 Å². The Bertz CT molecular complexity index is 784. The van der Waals surface area contributed by atoms with E-state index in [1.54, 1.807) is 12.1 Å². The average Bonchev–Trinajstić information content (AvgIpc) is 2.97. The first-order valence-corrected chi connectivity index (χ1v) is 9.14. The fraction of sp³-hybridized carbons (Fsp3) is 0.350. The number of carbonyl (C=O) groups excluding carboxylic acids is 1. The Balaban J connectivity index is 1.54. The molecular weight excluding hydrogens is 346 g/mol. The molecule has 0 unspecified atom stereocenters. The van der Waals surface area contributed by atoms with Crippen molar-refractivity contribution in [3.05, 3.63) is 58.6 Å². The summed E-state index contributed by atoms with van der Waals surface area (Å²) < 4.78 is 5.30. The molecule has 1 aliphatic rings. The summed E-state index contributed by atoms with van der Waals surface area (Å²) in [7, 11) is 0. The number of amides is 1. The molecule has 1 heterocycles. The van der Waals surface area contributed by atoms with Crippen LogP contribution in [0.5, 0.6) is 5.75 Å². The van der Waals surface area contributed by atoms with E-state index < -0.39 is 4.92 Å². The number of rotatable bonds is 6. The van der Waals surface area contributed by atoms with Crippen LogP contribution in [0.25, 0.3) is 0 Å². The second kappa shape index (κ2) is 9.02. The molecule has 7 heteroatoms. The molecule has 0 aliphatic carbocycles. The van der Waals surface area contributed by atoms with Gasteiger partial charge in [0.05, 0.1) is 4.92 Å². The number of benzene rings is 2. The lowest BCUT2D eigenvalue weighted by atomic mass is 10.2. The van der Waals surface area contributed by atoms with Gasteiger partial charge in [-0.1, -0.05) is 25.0 Å². The van der Waals surface area contributed by atoms with Gasteiger partial charge in [-0.05, 0) is 43.2 Å². The van der Waals surface area contributed by atoms with E-state index in [4.69, 9.17) is 4.74 Å². The molecule has 1 saturated heterocycles. The summed E-state index contributed by atoms with van der Waals surface area (Å²) in [5.74, 6) is -0.287. The molecule has 2 aromatic rings. The van der Waals surface area contributed by atoms with Crippen LogP contribution < -0.4 is 15.0 Å². The maximum Gasteiger partial charge on any atom is 0.310 e. The topological polar surface area (TPSA) is 84.7 Å². The van der Waals surface area contributed by atoms with Gasteiger partial charge >= 0.3 is 5.69 Å². The fourth-order valence-corrected chi connectivity index (χ4v) is 3.15. The van der Waals surface area contributed by atoms with Crippen LogP contribution in [0.2, 0.25) is 0 Å². The van der Waals surface area contributed by atoms with Crippen molar-refractivity contribution in [1.82, 2.24) is 0 Å². The first-order valence-electron chi connectivity index (χ1n) is 9.14. The van der Waals surface area contributed by atoms with Crippen LogP contribution in [0, 0.1) is 10.1 Å². The highest BCUT2D eigenvalue weighted by molar-refractivity contribution is 5.92. The lowest BCUT2D eigenvalue weighted by Crippen LogP contribution is -2.24. The van der Waals surface area contributed by atoms with Crippen molar-refractivity contribution in [1.29, 1.82) is 0 Å². The molecular formula is C20H23N3O4. The molecule has 1 aliphatic heterocycles. The molecule has 7 nitrogen and oxygen atoms in total. The van der Waals surface area contributed by atoms with Gasteiger partial charge in [-0.25, -0.2) is 0 Å². The summed E-state index contributed by atoms with van der Waals surface area (Å²) in [6, 6.07) is 13.7. The van der Waals surface area contributed by atoms with E-state index in [1.165, 1.54) is 37.8 Å². The minimum absolute atomic E-state index is 0.0779. The molecule has 0 radical (unpaired) electrons. The second-order valence-electron chi connectivity index (χ2n) is 6.51. The van der Waals surface area contributed by atoms with Crippen LogP contribution in [-0.4, -0.2) is 30.5 Å². The highest BCUT2D eigenvalue weighted by Crippen LogP contribution is 2.26. The van der Waals surface area contributed by atoms with Gasteiger partial charge in [0, 0.05) is 30.5 Å². The third kappa shape index (κ3) is 5.20. The highest BCUT2D eigenvalue weighted by Gasteiger charge is 2.15. The molecule has 1 fully saturated rings. The maximum atomic E-state index is 12.1. The van der Waals surface area contributed by atoms with Crippen molar-refractivity contribution in [2.24, 2.45) is 0 Å². The van der Waals surface area contributed by atoms with Gasteiger partial charge in [0.25, 0.3) is 5.91 Å². The Hall–Kier alpha value is -3.09. The van der Waals surface area contributed by atoms with Crippen molar-refractivity contribution >= 4 is 23.0 Å². The number of para-hydroxylation sites is 2. The third-order valence-electron chi connectivity index (χ3n) is 4.54. The van der Waals surface area contributed by atoms with Crippen LogP contribution >= 0.6 is 0 Å². The van der Waals surface area contributed by atoms with Crippen LogP contribution in [0.3, 0.4) is 0 Å². The zero-order valence-corrected chi connectivity index (χ0v) is 15.1. The molecule has 0 saturated carbocycles. The molecule has 0 spiro atoms. The minimum Gasteiger partial charge on any atom is -0.477 e. The molecule has 0 bridgehead atoms. The van der Waals surface area contributed by atoms with E-state index in [0.29, 0.717) is 5.69 Å². The largest absolute Gasteiger partial charge is 0.477 e. The predicted octanol–water partition coefficient (Wildman–Crippen LogP) is 3.99. The number of nitro groups is 1. The van der Waals surface area contributed by atoms with Gasteiger partial charge < -0.3 is 15.0 Å². The van der Waals surface area contributed by atoms with E-state index in [2.05, 4.69) is 10.2 Å². The SMILES string of the molecule is O=C(COc1ccccc1[N+](=O)[O-])Nc1ccc(N2CCCCCC2)cc1. The van der Waals surface area contributed by atoms with Crippen molar-refractivity contribution in [2.45, 2.75) is 25.7 Å². The molecule has 2 aromatic carbocycles. The Morgan fingerprint density at radius 2 is 1.70 bits per heavy atom. The van der Waals surface area contributed by atoms with Gasteiger partial charge in [0.1, 0.15) is 0 Å². The summed E-state index contributed by atoms with van der Waals surface area (Å²) in [4.78, 5) is 24.9. The van der Waals surface area contributed by atoms with Crippen LogP contribution in [-0.2, 0) is 4.79 Å². The number of nitrogens with zero attached hydrogens (tertiary/aromatic N) is 2. The zero-order valence-electron chi connectivity index (χ0n) is 15.1. The van der Waals surface area contributed by atoms with Gasteiger partial charge in [-0.15, -0.1) is 0 Å². The first-order chi connectivity index (χ1) is 13.1. The number of anilines is 2. The number of nitrogens with one attached hydrogen (secondary N) is 1. The monoisotopic (exact) mass is 369 g/mol. The van der Waals surface area contributed by atoms with E-state index in [-0.39, 0.29) is 24.0 Å². The average molecular weight is 369 g/mol. The number of hydrogen-bond acceptors (Lipinski definition) is 5. The van der Waals surface area contributed by atoms with E-state index in [1.807, 2.05) is 24.3 Å². The number of nitro benzene ring substituents is 1. The van der Waals surface area contributed by atoms with Gasteiger partial charge in [-0.3, -0.25) is 14.9 Å². The van der Waals surface area contributed by atoms with Crippen LogP contribution in [0.1, 0.15) is 25.7 Å². The molecule has 27 heavy (non-hydrogen) atoms. The van der Waals surface area contributed by atoms with Crippen molar-refractivity contribution < 1.29 is 14.5 Å². The molecule has 3 rings (SSSR count). The molecule has 0 atom stereocenters. The summed E-state index contributed by atoms with van der Waals surface area (Å²) >= 11 is 0. The second-order valence-corrected chi connectivity index (χ2v) is 6.51. The Kier molecular flexibility index (Phi) is 6.25. The van der Waals surface area contributed by atoms with E-state index >= 15 is 0 Å². The van der Waals surface area contributed by atoms with Crippen molar-refractivity contribution in [3.8, 4) is 5.75 Å². The predicted molar refractivity (Wildman–Crippen MR) is 104 cm³/mol. The molecule has 1 N–H and O–H groups in total. The zero-order chi connectivity index (χ0) is 19.1. The van der Waals surface area contributed by atoms with E-state index in [0.717, 1.165) is 18.8 Å².